The number of nitrogens with one attached hydrogen (secondary N) is 4. The molecule has 7 nitrogen and oxygen atoms in total. The second kappa shape index (κ2) is 9.93. The molecular weight excluding hydrogens is 392 g/mol. The van der Waals surface area contributed by atoms with Crippen LogP contribution in [0.4, 0.5) is 11.4 Å². The summed E-state index contributed by atoms with van der Waals surface area (Å²) in [6.45, 7) is 5.60. The maximum absolute atomic E-state index is 12.2. The lowest BCUT2D eigenvalue weighted by Gasteiger charge is -2.14. The van der Waals surface area contributed by atoms with Crippen LogP contribution in [0.2, 0.25) is 5.02 Å². The summed E-state index contributed by atoms with van der Waals surface area (Å²) in [5.41, 5.74) is 4.69. The smallest absolute Gasteiger partial charge is 0.251 e. The monoisotopic (exact) mass is 416 g/mol. The quantitative estimate of drug-likeness (QED) is 0.557. The highest BCUT2D eigenvalue weighted by Gasteiger charge is 2.11. The van der Waals surface area contributed by atoms with Crippen molar-refractivity contribution in [3.63, 3.8) is 0 Å². The molecule has 2 rings (SSSR count). The van der Waals surface area contributed by atoms with E-state index in [1.165, 1.54) is 7.05 Å². The van der Waals surface area contributed by atoms with E-state index in [0.29, 0.717) is 16.3 Å². The standard InChI is InChI=1S/C21H25ClN4O3/c1-12-7-13(2)20(14(3)8-12)26-19(28)11-25-18(27)10-24-17-9-15(21(29)23-4)5-6-16(17)22/h5-9,24H,10-11H2,1-4H3,(H,23,29)(H,25,27)(H,26,28). The van der Waals surface area contributed by atoms with Gasteiger partial charge in [0.15, 0.2) is 0 Å². The van der Waals surface area contributed by atoms with Gasteiger partial charge in [0.1, 0.15) is 0 Å². The average Bonchev–Trinajstić information content (AvgIpc) is 2.67. The molecule has 0 unspecified atom stereocenters. The Kier molecular flexibility index (Phi) is 7.61. The second-order valence-corrected chi connectivity index (χ2v) is 7.13. The minimum absolute atomic E-state index is 0.0905. The molecular formula is C21H25ClN4O3. The molecule has 0 saturated carbocycles. The third kappa shape index (κ3) is 6.22. The number of aryl methyl sites for hydroxylation is 3. The molecule has 4 N–H and O–H groups in total. The second-order valence-electron chi connectivity index (χ2n) is 6.73. The van der Waals surface area contributed by atoms with Gasteiger partial charge in [-0.2, -0.15) is 0 Å². The van der Waals surface area contributed by atoms with Crippen molar-refractivity contribution in [1.82, 2.24) is 10.6 Å². The Morgan fingerprint density at radius 3 is 2.21 bits per heavy atom. The Hall–Kier alpha value is -3.06. The van der Waals surface area contributed by atoms with Gasteiger partial charge in [-0.1, -0.05) is 29.3 Å². The van der Waals surface area contributed by atoms with E-state index in [4.69, 9.17) is 11.6 Å². The minimum atomic E-state index is -0.376. The number of rotatable bonds is 7. The van der Waals surface area contributed by atoms with Gasteiger partial charge < -0.3 is 21.3 Å². The first-order valence-corrected chi connectivity index (χ1v) is 9.49. The number of hydrogen-bond acceptors (Lipinski definition) is 4. The van der Waals surface area contributed by atoms with Crippen molar-refractivity contribution in [3.05, 3.63) is 57.6 Å². The highest BCUT2D eigenvalue weighted by Crippen LogP contribution is 2.23. The number of halogens is 1. The van der Waals surface area contributed by atoms with Gasteiger partial charge in [0.2, 0.25) is 11.8 Å². The Morgan fingerprint density at radius 1 is 0.931 bits per heavy atom. The van der Waals surface area contributed by atoms with E-state index in [2.05, 4.69) is 21.3 Å². The maximum atomic E-state index is 12.2. The van der Waals surface area contributed by atoms with Crippen molar-refractivity contribution in [3.8, 4) is 0 Å². The van der Waals surface area contributed by atoms with E-state index in [1.54, 1.807) is 18.2 Å². The molecule has 0 saturated heterocycles. The summed E-state index contributed by atoms with van der Waals surface area (Å²) in [7, 11) is 1.53. The van der Waals surface area contributed by atoms with Crippen molar-refractivity contribution >= 4 is 40.7 Å². The Labute approximate surface area is 175 Å². The lowest BCUT2D eigenvalue weighted by Crippen LogP contribution is -2.36. The zero-order valence-electron chi connectivity index (χ0n) is 16.9. The van der Waals surface area contributed by atoms with E-state index in [9.17, 15) is 14.4 Å². The maximum Gasteiger partial charge on any atom is 0.251 e. The number of anilines is 2. The molecule has 0 bridgehead atoms. The third-order valence-electron chi connectivity index (χ3n) is 4.28. The van der Waals surface area contributed by atoms with Crippen LogP contribution in [0.3, 0.4) is 0 Å². The van der Waals surface area contributed by atoms with Crippen molar-refractivity contribution in [1.29, 1.82) is 0 Å². The molecule has 2 aromatic rings. The van der Waals surface area contributed by atoms with Gasteiger partial charge in [0.25, 0.3) is 5.91 Å². The molecule has 2 aromatic carbocycles. The number of carbonyl (C=O) groups excluding carboxylic acids is 3. The number of carbonyl (C=O) groups is 3. The fourth-order valence-corrected chi connectivity index (χ4v) is 3.11. The highest BCUT2D eigenvalue weighted by molar-refractivity contribution is 6.33. The van der Waals surface area contributed by atoms with E-state index >= 15 is 0 Å². The summed E-state index contributed by atoms with van der Waals surface area (Å²) in [5.74, 6) is -0.945. The van der Waals surface area contributed by atoms with Crippen LogP contribution in [0.25, 0.3) is 0 Å². The first-order chi connectivity index (χ1) is 13.7. The molecule has 3 amide bonds. The zero-order valence-corrected chi connectivity index (χ0v) is 17.7. The van der Waals surface area contributed by atoms with Crippen molar-refractivity contribution in [2.24, 2.45) is 0 Å². The van der Waals surface area contributed by atoms with E-state index in [1.807, 2.05) is 32.9 Å². The van der Waals surface area contributed by atoms with Crippen LogP contribution < -0.4 is 21.3 Å². The fourth-order valence-electron chi connectivity index (χ4n) is 2.92. The third-order valence-corrected chi connectivity index (χ3v) is 4.61. The van der Waals surface area contributed by atoms with Crippen LogP contribution in [0.15, 0.2) is 30.3 Å². The van der Waals surface area contributed by atoms with Crippen LogP contribution in [0.5, 0.6) is 0 Å². The predicted octanol–water partition coefficient (Wildman–Crippen LogP) is 2.79. The summed E-state index contributed by atoms with van der Waals surface area (Å²) in [6.07, 6.45) is 0. The summed E-state index contributed by atoms with van der Waals surface area (Å²) >= 11 is 6.10. The molecule has 154 valence electrons. The van der Waals surface area contributed by atoms with Gasteiger partial charge in [-0.25, -0.2) is 0 Å². The molecule has 0 radical (unpaired) electrons. The minimum Gasteiger partial charge on any atom is -0.375 e. The molecule has 0 fully saturated rings. The normalized spacial score (nSPS) is 10.2. The molecule has 0 aliphatic heterocycles. The van der Waals surface area contributed by atoms with Gasteiger partial charge in [-0.15, -0.1) is 0 Å². The zero-order chi connectivity index (χ0) is 21.6. The van der Waals surface area contributed by atoms with Crippen LogP contribution in [0, 0.1) is 20.8 Å². The van der Waals surface area contributed by atoms with Crippen LogP contribution >= 0.6 is 11.6 Å². The first-order valence-electron chi connectivity index (χ1n) is 9.11. The molecule has 8 heteroatoms. The summed E-state index contributed by atoms with van der Waals surface area (Å²) in [4.78, 5) is 35.9. The highest BCUT2D eigenvalue weighted by atomic mass is 35.5. The van der Waals surface area contributed by atoms with Gasteiger partial charge in [0, 0.05) is 18.3 Å². The van der Waals surface area contributed by atoms with Crippen molar-refractivity contribution < 1.29 is 14.4 Å². The molecule has 0 heterocycles. The summed E-state index contributed by atoms with van der Waals surface area (Å²) in [6, 6.07) is 8.70. The Balaban J connectivity index is 1.88. The number of amides is 3. The lowest BCUT2D eigenvalue weighted by molar-refractivity contribution is -0.122. The summed E-state index contributed by atoms with van der Waals surface area (Å²) in [5, 5.41) is 11.2. The van der Waals surface area contributed by atoms with E-state index in [-0.39, 0.29) is 30.8 Å². The van der Waals surface area contributed by atoms with Crippen LogP contribution in [0.1, 0.15) is 27.0 Å². The summed E-state index contributed by atoms with van der Waals surface area (Å²) < 4.78 is 0. The van der Waals surface area contributed by atoms with Crippen LogP contribution in [-0.2, 0) is 9.59 Å². The van der Waals surface area contributed by atoms with Crippen molar-refractivity contribution in [2.75, 3.05) is 30.8 Å². The topological polar surface area (TPSA) is 99.3 Å². The van der Waals surface area contributed by atoms with Gasteiger partial charge in [-0.3, -0.25) is 14.4 Å². The largest absolute Gasteiger partial charge is 0.375 e. The Bertz CT molecular complexity index is 921. The van der Waals surface area contributed by atoms with Gasteiger partial charge in [-0.05, 0) is 50.1 Å². The molecule has 0 atom stereocenters. The molecule has 0 aromatic heterocycles. The fraction of sp³-hybridized carbons (Fsp3) is 0.286. The molecule has 0 spiro atoms. The number of benzene rings is 2. The first kappa shape index (κ1) is 22.2. The molecule has 0 aliphatic rings. The molecule has 29 heavy (non-hydrogen) atoms. The van der Waals surface area contributed by atoms with Crippen molar-refractivity contribution in [2.45, 2.75) is 20.8 Å². The van der Waals surface area contributed by atoms with E-state index in [0.717, 1.165) is 22.4 Å². The van der Waals surface area contributed by atoms with E-state index < -0.39 is 0 Å². The van der Waals surface area contributed by atoms with Gasteiger partial charge in [0.05, 0.1) is 23.8 Å². The number of hydrogen-bond donors (Lipinski definition) is 4. The molecule has 0 aliphatic carbocycles. The SMILES string of the molecule is CNC(=O)c1ccc(Cl)c(NCC(=O)NCC(=O)Nc2c(C)cc(C)cc2C)c1. The van der Waals surface area contributed by atoms with Crippen LogP contribution in [-0.4, -0.2) is 37.9 Å². The predicted molar refractivity (Wildman–Crippen MR) is 116 cm³/mol. The lowest BCUT2D eigenvalue weighted by atomic mass is 10.1. The average molecular weight is 417 g/mol. The Morgan fingerprint density at radius 2 is 1.59 bits per heavy atom. The van der Waals surface area contributed by atoms with Gasteiger partial charge >= 0.3 is 0 Å².